The third-order valence-electron chi connectivity index (χ3n) is 3.19. The molecule has 1 heterocycles. The molecule has 3 nitrogen and oxygen atoms in total. The average Bonchev–Trinajstić information content (AvgIpc) is 2.41. The van der Waals surface area contributed by atoms with Crippen LogP contribution in [0.25, 0.3) is 0 Å². The minimum Gasteiger partial charge on any atom is -0.392 e. The average molecular weight is 256 g/mol. The Morgan fingerprint density at radius 3 is 2.37 bits per heavy atom. The van der Waals surface area contributed by atoms with Crippen LogP contribution in [-0.4, -0.2) is 17.1 Å². The second-order valence-corrected chi connectivity index (χ2v) is 4.98. The zero-order valence-electron chi connectivity index (χ0n) is 11.7. The molecule has 0 unspecified atom stereocenters. The van der Waals surface area contributed by atoms with Crippen molar-refractivity contribution in [3.8, 4) is 0 Å². The van der Waals surface area contributed by atoms with Gasteiger partial charge in [-0.2, -0.15) is 0 Å². The molecule has 0 atom stereocenters. The number of aliphatic hydroxyl groups excluding tert-OH is 1. The summed E-state index contributed by atoms with van der Waals surface area (Å²) in [4.78, 5) is 6.55. The molecule has 2 rings (SSSR count). The number of hydrogen-bond donors (Lipinski definition) is 1. The van der Waals surface area contributed by atoms with Gasteiger partial charge in [-0.15, -0.1) is 0 Å². The minimum absolute atomic E-state index is 0.0375. The van der Waals surface area contributed by atoms with Crippen molar-refractivity contribution in [3.63, 3.8) is 0 Å². The summed E-state index contributed by atoms with van der Waals surface area (Å²) in [5, 5.41) is 9.10. The van der Waals surface area contributed by atoms with Crippen LogP contribution in [0.1, 0.15) is 22.3 Å². The van der Waals surface area contributed by atoms with Gasteiger partial charge in [0.25, 0.3) is 0 Å². The first kappa shape index (κ1) is 13.6. The molecule has 0 amide bonds. The molecule has 1 aromatic carbocycles. The van der Waals surface area contributed by atoms with Gasteiger partial charge in [0.05, 0.1) is 6.61 Å². The van der Waals surface area contributed by atoms with Gasteiger partial charge in [-0.05, 0) is 36.6 Å². The van der Waals surface area contributed by atoms with Crippen molar-refractivity contribution < 1.29 is 5.11 Å². The minimum atomic E-state index is 0.0375. The smallest absolute Gasteiger partial charge is 0.131 e. The van der Waals surface area contributed by atoms with Crippen molar-refractivity contribution in [3.05, 3.63) is 58.8 Å². The summed E-state index contributed by atoms with van der Waals surface area (Å²) in [5.74, 6) is 0.956. The summed E-state index contributed by atoms with van der Waals surface area (Å²) in [7, 11) is 2.04. The van der Waals surface area contributed by atoms with Gasteiger partial charge in [-0.3, -0.25) is 0 Å². The Balaban J connectivity index is 2.15. The van der Waals surface area contributed by atoms with Crippen LogP contribution < -0.4 is 4.90 Å². The number of benzene rings is 1. The molecule has 0 aliphatic carbocycles. The van der Waals surface area contributed by atoms with Gasteiger partial charge in [0.15, 0.2) is 0 Å². The van der Waals surface area contributed by atoms with Crippen molar-refractivity contribution in [2.24, 2.45) is 0 Å². The largest absolute Gasteiger partial charge is 0.392 e. The number of aliphatic hydroxyl groups is 1. The molecule has 0 saturated heterocycles. The molecule has 0 saturated carbocycles. The summed E-state index contributed by atoms with van der Waals surface area (Å²) in [6.07, 6.45) is 1.73. The Labute approximate surface area is 114 Å². The molecule has 1 N–H and O–H groups in total. The highest BCUT2D eigenvalue weighted by Crippen LogP contribution is 2.19. The molecule has 0 fully saturated rings. The Hall–Kier alpha value is -1.87. The van der Waals surface area contributed by atoms with E-state index in [9.17, 15) is 0 Å². The van der Waals surface area contributed by atoms with Crippen LogP contribution in [0.2, 0.25) is 0 Å². The molecular formula is C16H20N2O. The Kier molecular flexibility index (Phi) is 4.17. The van der Waals surface area contributed by atoms with E-state index in [1.54, 1.807) is 6.20 Å². The standard InChI is InChI=1S/C16H20N2O/c1-12-4-6-14(7-5-12)10-18(3)16-13(2)8-15(11-19)9-17-16/h4-9,19H,10-11H2,1-3H3. The zero-order valence-corrected chi connectivity index (χ0v) is 11.7. The number of aromatic nitrogens is 1. The van der Waals surface area contributed by atoms with Crippen LogP contribution in [0.15, 0.2) is 36.5 Å². The maximum absolute atomic E-state index is 9.10. The Morgan fingerprint density at radius 2 is 1.79 bits per heavy atom. The van der Waals surface area contributed by atoms with Gasteiger partial charge in [0.2, 0.25) is 0 Å². The molecule has 1 aromatic heterocycles. The summed E-state index contributed by atoms with van der Waals surface area (Å²) >= 11 is 0. The molecule has 0 radical (unpaired) electrons. The van der Waals surface area contributed by atoms with Crippen LogP contribution in [0, 0.1) is 13.8 Å². The molecule has 0 spiro atoms. The summed E-state index contributed by atoms with van der Waals surface area (Å²) in [6, 6.07) is 10.5. The second kappa shape index (κ2) is 5.85. The molecule has 0 aliphatic heterocycles. The maximum Gasteiger partial charge on any atom is 0.131 e. The van der Waals surface area contributed by atoms with Gasteiger partial charge in [0.1, 0.15) is 5.82 Å². The predicted molar refractivity (Wildman–Crippen MR) is 78.2 cm³/mol. The SMILES string of the molecule is Cc1ccc(CN(C)c2ncc(CO)cc2C)cc1. The fraction of sp³-hybridized carbons (Fsp3) is 0.312. The lowest BCUT2D eigenvalue weighted by Gasteiger charge is -2.20. The first-order valence-corrected chi connectivity index (χ1v) is 6.43. The van der Waals surface area contributed by atoms with E-state index in [0.717, 1.165) is 23.5 Å². The van der Waals surface area contributed by atoms with Crippen molar-refractivity contribution in [1.82, 2.24) is 4.98 Å². The van der Waals surface area contributed by atoms with E-state index in [1.165, 1.54) is 11.1 Å². The van der Waals surface area contributed by atoms with E-state index >= 15 is 0 Å². The van der Waals surface area contributed by atoms with Crippen molar-refractivity contribution >= 4 is 5.82 Å². The Morgan fingerprint density at radius 1 is 1.11 bits per heavy atom. The molecule has 0 bridgehead atoms. The number of nitrogens with zero attached hydrogens (tertiary/aromatic N) is 2. The van der Waals surface area contributed by atoms with Crippen LogP contribution >= 0.6 is 0 Å². The topological polar surface area (TPSA) is 36.4 Å². The van der Waals surface area contributed by atoms with Crippen LogP contribution in [0.5, 0.6) is 0 Å². The lowest BCUT2D eigenvalue weighted by molar-refractivity contribution is 0.281. The third-order valence-corrected chi connectivity index (χ3v) is 3.19. The first-order valence-electron chi connectivity index (χ1n) is 6.43. The van der Waals surface area contributed by atoms with Gasteiger partial charge < -0.3 is 10.0 Å². The number of rotatable bonds is 4. The lowest BCUT2D eigenvalue weighted by atomic mass is 10.1. The van der Waals surface area contributed by atoms with Gasteiger partial charge >= 0.3 is 0 Å². The molecule has 3 heteroatoms. The summed E-state index contributed by atoms with van der Waals surface area (Å²) < 4.78 is 0. The van der Waals surface area contributed by atoms with E-state index < -0.39 is 0 Å². The Bertz CT molecular complexity index is 549. The zero-order chi connectivity index (χ0) is 13.8. The van der Waals surface area contributed by atoms with E-state index in [-0.39, 0.29) is 6.61 Å². The number of hydrogen-bond acceptors (Lipinski definition) is 3. The highest BCUT2D eigenvalue weighted by molar-refractivity contribution is 5.47. The third kappa shape index (κ3) is 3.32. The van der Waals surface area contributed by atoms with Crippen molar-refractivity contribution in [1.29, 1.82) is 0 Å². The van der Waals surface area contributed by atoms with Crippen LogP contribution in [0.3, 0.4) is 0 Å². The molecule has 19 heavy (non-hydrogen) atoms. The summed E-state index contributed by atoms with van der Waals surface area (Å²) in [5.41, 5.74) is 4.47. The highest BCUT2D eigenvalue weighted by atomic mass is 16.3. The number of anilines is 1. The highest BCUT2D eigenvalue weighted by Gasteiger charge is 2.07. The lowest BCUT2D eigenvalue weighted by Crippen LogP contribution is -2.19. The van der Waals surface area contributed by atoms with Gasteiger partial charge in [-0.1, -0.05) is 29.8 Å². The normalized spacial score (nSPS) is 10.5. The molecule has 2 aromatic rings. The second-order valence-electron chi connectivity index (χ2n) is 4.98. The molecule has 100 valence electrons. The molecular weight excluding hydrogens is 236 g/mol. The number of aryl methyl sites for hydroxylation is 2. The van der Waals surface area contributed by atoms with Crippen molar-refractivity contribution in [2.75, 3.05) is 11.9 Å². The quantitative estimate of drug-likeness (QED) is 0.913. The van der Waals surface area contributed by atoms with E-state index in [0.29, 0.717) is 0 Å². The molecule has 0 aliphatic rings. The fourth-order valence-electron chi connectivity index (χ4n) is 2.15. The predicted octanol–water partition coefficient (Wildman–Crippen LogP) is 2.83. The van der Waals surface area contributed by atoms with Gasteiger partial charge in [0, 0.05) is 19.8 Å². The fourth-order valence-corrected chi connectivity index (χ4v) is 2.15. The van der Waals surface area contributed by atoms with Crippen LogP contribution in [-0.2, 0) is 13.2 Å². The van der Waals surface area contributed by atoms with E-state index in [1.807, 2.05) is 20.0 Å². The summed E-state index contributed by atoms with van der Waals surface area (Å²) in [6.45, 7) is 4.97. The van der Waals surface area contributed by atoms with E-state index in [4.69, 9.17) is 5.11 Å². The van der Waals surface area contributed by atoms with E-state index in [2.05, 4.69) is 41.1 Å². The maximum atomic E-state index is 9.10. The first-order chi connectivity index (χ1) is 9.10. The van der Waals surface area contributed by atoms with Crippen molar-refractivity contribution in [2.45, 2.75) is 27.0 Å². The monoisotopic (exact) mass is 256 g/mol. The van der Waals surface area contributed by atoms with Gasteiger partial charge in [-0.25, -0.2) is 4.98 Å². The van der Waals surface area contributed by atoms with Crippen LogP contribution in [0.4, 0.5) is 5.82 Å². The number of pyridine rings is 1.